The van der Waals surface area contributed by atoms with Crippen molar-refractivity contribution in [2.75, 3.05) is 17.2 Å². The highest BCUT2D eigenvalue weighted by Crippen LogP contribution is 2.28. The van der Waals surface area contributed by atoms with E-state index in [2.05, 4.69) is 15.6 Å². The summed E-state index contributed by atoms with van der Waals surface area (Å²) < 4.78 is 0.890. The zero-order valence-corrected chi connectivity index (χ0v) is 14.4. The Morgan fingerprint density at radius 1 is 1.28 bits per heavy atom. The fourth-order valence-electron chi connectivity index (χ4n) is 2.23. The van der Waals surface area contributed by atoms with Crippen LogP contribution in [-0.2, 0) is 4.79 Å². The zero-order chi connectivity index (χ0) is 17.8. The molecule has 2 aromatic carbocycles. The van der Waals surface area contributed by atoms with Gasteiger partial charge in [-0.1, -0.05) is 35.1 Å². The van der Waals surface area contributed by atoms with Gasteiger partial charge >= 0.3 is 0 Å². The number of para-hydroxylation sites is 2. The van der Waals surface area contributed by atoms with Crippen molar-refractivity contribution in [2.45, 2.75) is 6.42 Å². The molecule has 1 amide bonds. The molecular formula is C16H13ClN4O3S. The molecule has 0 spiro atoms. The van der Waals surface area contributed by atoms with E-state index in [0.29, 0.717) is 15.8 Å². The topological polar surface area (TPSA) is 97.2 Å². The Morgan fingerprint density at radius 3 is 2.88 bits per heavy atom. The van der Waals surface area contributed by atoms with Crippen molar-refractivity contribution in [1.82, 2.24) is 4.98 Å². The molecule has 0 unspecified atom stereocenters. The van der Waals surface area contributed by atoms with E-state index in [0.717, 1.165) is 10.2 Å². The van der Waals surface area contributed by atoms with E-state index in [4.69, 9.17) is 11.6 Å². The monoisotopic (exact) mass is 376 g/mol. The molecule has 0 aliphatic heterocycles. The lowest BCUT2D eigenvalue weighted by Crippen LogP contribution is -2.16. The van der Waals surface area contributed by atoms with Crippen molar-refractivity contribution in [3.8, 4) is 0 Å². The average Bonchev–Trinajstić information content (AvgIpc) is 2.96. The molecule has 3 rings (SSSR count). The Hall–Kier alpha value is -2.71. The fourth-order valence-corrected chi connectivity index (χ4v) is 3.38. The van der Waals surface area contributed by atoms with E-state index in [1.165, 1.54) is 17.4 Å². The SMILES string of the molecule is O=C(CCNc1ccccc1[N+](=O)[O-])Nc1nc2ccc(Cl)cc2s1. The first-order valence-electron chi connectivity index (χ1n) is 7.36. The highest BCUT2D eigenvalue weighted by atomic mass is 35.5. The minimum Gasteiger partial charge on any atom is -0.379 e. The number of hydrogen-bond acceptors (Lipinski definition) is 6. The number of nitrogens with one attached hydrogen (secondary N) is 2. The van der Waals surface area contributed by atoms with Crippen molar-refractivity contribution < 1.29 is 9.72 Å². The van der Waals surface area contributed by atoms with Crippen LogP contribution in [0.5, 0.6) is 0 Å². The van der Waals surface area contributed by atoms with E-state index in [1.807, 2.05) is 0 Å². The van der Waals surface area contributed by atoms with Crippen molar-refractivity contribution in [3.05, 3.63) is 57.6 Å². The molecule has 128 valence electrons. The molecule has 7 nitrogen and oxygen atoms in total. The van der Waals surface area contributed by atoms with Gasteiger partial charge in [0.25, 0.3) is 5.69 Å². The fraction of sp³-hybridized carbons (Fsp3) is 0.125. The van der Waals surface area contributed by atoms with Crippen LogP contribution in [0.1, 0.15) is 6.42 Å². The Morgan fingerprint density at radius 2 is 2.08 bits per heavy atom. The molecule has 9 heteroatoms. The number of fused-ring (bicyclic) bond motifs is 1. The third kappa shape index (κ3) is 4.23. The van der Waals surface area contributed by atoms with E-state index in [-0.39, 0.29) is 24.6 Å². The van der Waals surface area contributed by atoms with Crippen LogP contribution < -0.4 is 10.6 Å². The third-order valence-electron chi connectivity index (χ3n) is 3.37. The highest BCUT2D eigenvalue weighted by molar-refractivity contribution is 7.22. The molecule has 0 aliphatic carbocycles. The molecule has 0 bridgehead atoms. The smallest absolute Gasteiger partial charge is 0.292 e. The predicted molar refractivity (Wildman–Crippen MR) is 99.5 cm³/mol. The number of nitro benzene ring substituents is 1. The van der Waals surface area contributed by atoms with E-state index in [1.54, 1.807) is 36.4 Å². The van der Waals surface area contributed by atoms with E-state index >= 15 is 0 Å². The molecule has 0 atom stereocenters. The zero-order valence-electron chi connectivity index (χ0n) is 12.9. The lowest BCUT2D eigenvalue weighted by atomic mass is 10.2. The lowest BCUT2D eigenvalue weighted by Gasteiger charge is -2.06. The molecule has 0 radical (unpaired) electrons. The summed E-state index contributed by atoms with van der Waals surface area (Å²) in [5, 5.41) is 17.7. The summed E-state index contributed by atoms with van der Waals surface area (Å²) in [6.07, 6.45) is 0.155. The van der Waals surface area contributed by atoms with E-state index < -0.39 is 4.92 Å². The van der Waals surface area contributed by atoms with Gasteiger partial charge in [0.15, 0.2) is 5.13 Å². The van der Waals surface area contributed by atoms with Crippen LogP contribution in [-0.4, -0.2) is 22.4 Å². The summed E-state index contributed by atoms with van der Waals surface area (Å²) in [5.41, 5.74) is 1.13. The summed E-state index contributed by atoms with van der Waals surface area (Å²) >= 11 is 7.27. The first-order chi connectivity index (χ1) is 12.0. The maximum atomic E-state index is 12.0. The first kappa shape index (κ1) is 17.1. The van der Waals surface area contributed by atoms with Gasteiger partial charge in [0, 0.05) is 24.1 Å². The predicted octanol–water partition coefficient (Wildman–Crippen LogP) is 4.30. The number of amides is 1. The minimum atomic E-state index is -0.464. The number of aromatic nitrogens is 1. The Balaban J connectivity index is 1.57. The summed E-state index contributed by atoms with van der Waals surface area (Å²) in [4.78, 5) is 26.8. The summed E-state index contributed by atoms with van der Waals surface area (Å²) in [7, 11) is 0. The second-order valence-corrected chi connectivity index (χ2v) is 6.60. The van der Waals surface area contributed by atoms with Gasteiger partial charge in [-0.2, -0.15) is 0 Å². The number of halogens is 1. The summed E-state index contributed by atoms with van der Waals surface area (Å²) in [5.74, 6) is -0.226. The van der Waals surface area contributed by atoms with Crippen LogP contribution in [0.25, 0.3) is 10.2 Å². The minimum absolute atomic E-state index is 0.0223. The lowest BCUT2D eigenvalue weighted by molar-refractivity contribution is -0.384. The normalized spacial score (nSPS) is 10.6. The third-order valence-corrected chi connectivity index (χ3v) is 4.53. The molecule has 25 heavy (non-hydrogen) atoms. The standard InChI is InChI=1S/C16H13ClN4O3S/c17-10-5-6-12-14(9-10)25-16(19-12)20-15(22)7-8-18-11-3-1-2-4-13(11)21(23)24/h1-6,9,18H,7-8H2,(H,19,20,22). The highest BCUT2D eigenvalue weighted by Gasteiger charge is 2.13. The van der Waals surface area contributed by atoms with Gasteiger partial charge in [-0.3, -0.25) is 14.9 Å². The van der Waals surface area contributed by atoms with Crippen LogP contribution in [0, 0.1) is 10.1 Å². The molecule has 0 saturated carbocycles. The molecule has 2 N–H and O–H groups in total. The van der Waals surface area contributed by atoms with Gasteiger partial charge in [-0.05, 0) is 24.3 Å². The Labute approximate surface area is 151 Å². The van der Waals surface area contributed by atoms with Gasteiger partial charge in [0.2, 0.25) is 5.91 Å². The average molecular weight is 377 g/mol. The maximum Gasteiger partial charge on any atom is 0.292 e. The number of hydrogen-bond donors (Lipinski definition) is 2. The van der Waals surface area contributed by atoms with Crippen LogP contribution in [0.2, 0.25) is 5.02 Å². The molecule has 1 aromatic heterocycles. The molecule has 1 heterocycles. The van der Waals surface area contributed by atoms with Crippen molar-refractivity contribution >= 4 is 55.6 Å². The van der Waals surface area contributed by atoms with Crippen LogP contribution in [0.15, 0.2) is 42.5 Å². The first-order valence-corrected chi connectivity index (χ1v) is 8.55. The molecule has 0 aliphatic rings. The molecule has 0 fully saturated rings. The Bertz CT molecular complexity index is 944. The van der Waals surface area contributed by atoms with Gasteiger partial charge in [0.05, 0.1) is 15.1 Å². The van der Waals surface area contributed by atoms with Crippen LogP contribution >= 0.6 is 22.9 Å². The van der Waals surface area contributed by atoms with E-state index in [9.17, 15) is 14.9 Å². The largest absolute Gasteiger partial charge is 0.379 e. The number of nitro groups is 1. The molecular weight excluding hydrogens is 364 g/mol. The quantitative estimate of drug-likeness (QED) is 0.493. The van der Waals surface area contributed by atoms with Crippen LogP contribution in [0.4, 0.5) is 16.5 Å². The van der Waals surface area contributed by atoms with Crippen molar-refractivity contribution in [1.29, 1.82) is 0 Å². The van der Waals surface area contributed by atoms with Crippen molar-refractivity contribution in [3.63, 3.8) is 0 Å². The maximum absolute atomic E-state index is 12.0. The number of anilines is 2. The summed E-state index contributed by atoms with van der Waals surface area (Å²) in [6.45, 7) is 0.271. The van der Waals surface area contributed by atoms with Gasteiger partial charge in [-0.15, -0.1) is 0 Å². The number of carbonyl (C=O) groups is 1. The van der Waals surface area contributed by atoms with Gasteiger partial charge in [-0.25, -0.2) is 4.98 Å². The second-order valence-electron chi connectivity index (χ2n) is 5.13. The number of rotatable bonds is 6. The summed E-state index contributed by atoms with van der Waals surface area (Å²) in [6, 6.07) is 11.6. The molecule has 0 saturated heterocycles. The Kier molecular flexibility index (Phi) is 5.11. The number of nitrogens with zero attached hydrogens (tertiary/aromatic N) is 2. The molecule has 3 aromatic rings. The number of benzene rings is 2. The van der Waals surface area contributed by atoms with Crippen molar-refractivity contribution in [2.24, 2.45) is 0 Å². The van der Waals surface area contributed by atoms with Crippen LogP contribution in [0.3, 0.4) is 0 Å². The number of carbonyl (C=O) groups excluding carboxylic acids is 1. The van der Waals surface area contributed by atoms with Gasteiger partial charge < -0.3 is 10.6 Å². The second kappa shape index (κ2) is 7.45. The van der Waals surface area contributed by atoms with Gasteiger partial charge in [0.1, 0.15) is 5.69 Å². The number of thiazole rings is 1.